The van der Waals surface area contributed by atoms with Crippen molar-refractivity contribution in [1.29, 1.82) is 0 Å². The van der Waals surface area contributed by atoms with Gasteiger partial charge in [0.25, 0.3) is 0 Å². The number of nitrogens with zero attached hydrogens (tertiary/aromatic N) is 5. The Bertz CT molecular complexity index is 1200. The molecule has 0 amide bonds. The molecular weight excluding hydrogens is 459 g/mol. The Labute approximate surface area is 177 Å². The zero-order chi connectivity index (χ0) is 22.4. The molecule has 164 valence electrons. The lowest BCUT2D eigenvalue weighted by Gasteiger charge is -2.38. The van der Waals surface area contributed by atoms with Crippen molar-refractivity contribution < 1.29 is 31.5 Å². The van der Waals surface area contributed by atoms with Crippen LogP contribution in [0, 0.1) is 0 Å². The van der Waals surface area contributed by atoms with Crippen LogP contribution in [0.2, 0.25) is 0 Å². The largest absolute Gasteiger partial charge is 0.480 e. The first kappa shape index (κ1) is 21.4. The standard InChI is InChI=1S/C17H14F3N5O4S2/c18-17(19,20)10-1-3-11(4-2-10)31(28,29)25-6-5-24(9-13(25)15(26)27)16-23-12-7-21-22-8-14(12)30-16/h1-4,7-8,13H,5-6,9H2,(H,26,27)/t13-/m1/s1. The van der Waals surface area contributed by atoms with Gasteiger partial charge in [0.2, 0.25) is 10.0 Å². The topological polar surface area (TPSA) is 117 Å². The fourth-order valence-electron chi connectivity index (χ4n) is 3.21. The van der Waals surface area contributed by atoms with Crippen LogP contribution in [0.1, 0.15) is 5.56 Å². The summed E-state index contributed by atoms with van der Waals surface area (Å²) in [4.78, 5) is 17.5. The quantitative estimate of drug-likeness (QED) is 0.612. The zero-order valence-electron chi connectivity index (χ0n) is 15.5. The maximum atomic E-state index is 13.0. The summed E-state index contributed by atoms with van der Waals surface area (Å²) in [5.74, 6) is -1.37. The van der Waals surface area contributed by atoms with E-state index in [2.05, 4.69) is 15.2 Å². The first-order chi connectivity index (χ1) is 14.6. The van der Waals surface area contributed by atoms with Crippen LogP contribution in [0.5, 0.6) is 0 Å². The second-order valence-electron chi connectivity index (χ2n) is 6.67. The van der Waals surface area contributed by atoms with E-state index in [9.17, 15) is 31.5 Å². The van der Waals surface area contributed by atoms with E-state index >= 15 is 0 Å². The second kappa shape index (κ2) is 7.69. The molecule has 0 unspecified atom stereocenters. The average molecular weight is 473 g/mol. The number of hydrogen-bond acceptors (Lipinski definition) is 8. The fourth-order valence-corrected chi connectivity index (χ4v) is 5.71. The molecule has 31 heavy (non-hydrogen) atoms. The number of thiazole rings is 1. The van der Waals surface area contributed by atoms with Crippen molar-refractivity contribution in [3.8, 4) is 0 Å². The normalized spacial score (nSPS) is 18.4. The third-order valence-electron chi connectivity index (χ3n) is 4.77. The molecule has 14 heteroatoms. The molecule has 1 aliphatic rings. The lowest BCUT2D eigenvalue weighted by Crippen LogP contribution is -2.58. The summed E-state index contributed by atoms with van der Waals surface area (Å²) in [5, 5.41) is 17.7. The van der Waals surface area contributed by atoms with E-state index in [4.69, 9.17) is 0 Å². The van der Waals surface area contributed by atoms with Crippen LogP contribution < -0.4 is 4.90 Å². The minimum atomic E-state index is -4.61. The number of fused-ring (bicyclic) bond motifs is 1. The number of benzene rings is 1. The van der Waals surface area contributed by atoms with Crippen LogP contribution in [-0.2, 0) is 21.0 Å². The van der Waals surface area contributed by atoms with Crippen LogP contribution in [-0.4, -0.2) is 64.7 Å². The number of carboxylic acids is 1. The Hall–Kier alpha value is -2.84. The molecule has 4 rings (SSSR count). The Kier molecular flexibility index (Phi) is 5.31. The van der Waals surface area contributed by atoms with Crippen LogP contribution in [0.4, 0.5) is 18.3 Å². The van der Waals surface area contributed by atoms with Crippen molar-refractivity contribution in [2.45, 2.75) is 17.1 Å². The molecule has 1 N–H and O–H groups in total. The molecule has 0 aliphatic carbocycles. The van der Waals surface area contributed by atoms with Gasteiger partial charge in [0.05, 0.1) is 27.6 Å². The number of piperazine rings is 1. The number of rotatable bonds is 4. The summed E-state index contributed by atoms with van der Waals surface area (Å²) < 4.78 is 65.8. The lowest BCUT2D eigenvalue weighted by molar-refractivity contribution is -0.141. The molecule has 1 aromatic carbocycles. The molecule has 0 bridgehead atoms. The summed E-state index contributed by atoms with van der Waals surface area (Å²) in [6.45, 7) is -0.188. The van der Waals surface area contributed by atoms with Gasteiger partial charge in [-0.1, -0.05) is 11.3 Å². The van der Waals surface area contributed by atoms with Crippen molar-refractivity contribution in [3.05, 3.63) is 42.2 Å². The van der Waals surface area contributed by atoms with Gasteiger partial charge in [-0.05, 0) is 24.3 Å². The highest BCUT2D eigenvalue weighted by molar-refractivity contribution is 7.89. The number of aromatic nitrogens is 3. The third-order valence-corrected chi connectivity index (χ3v) is 7.76. The first-order valence-corrected chi connectivity index (χ1v) is 11.1. The SMILES string of the molecule is O=C(O)[C@H]1CN(c2nc3cnncc3s2)CCN1S(=O)(=O)c1ccc(C(F)(F)F)cc1. The monoisotopic (exact) mass is 473 g/mol. The predicted molar refractivity (Wildman–Crippen MR) is 104 cm³/mol. The van der Waals surface area contributed by atoms with E-state index < -0.39 is 38.7 Å². The Morgan fingerprint density at radius 2 is 1.81 bits per heavy atom. The zero-order valence-corrected chi connectivity index (χ0v) is 17.2. The summed E-state index contributed by atoms with van der Waals surface area (Å²) in [6.07, 6.45) is -1.62. The molecule has 3 heterocycles. The average Bonchev–Trinajstić information content (AvgIpc) is 3.17. The molecule has 1 fully saturated rings. The van der Waals surface area contributed by atoms with Crippen LogP contribution >= 0.6 is 11.3 Å². The summed E-state index contributed by atoms with van der Waals surface area (Å²) >= 11 is 1.27. The molecule has 1 atom stereocenters. The second-order valence-corrected chi connectivity index (χ2v) is 9.57. The van der Waals surface area contributed by atoms with Crippen LogP contribution in [0.15, 0.2) is 41.6 Å². The molecule has 2 aromatic heterocycles. The van der Waals surface area contributed by atoms with E-state index in [1.54, 1.807) is 4.90 Å². The van der Waals surface area contributed by atoms with Crippen LogP contribution in [0.3, 0.4) is 0 Å². The molecule has 0 spiro atoms. The number of alkyl halides is 3. The number of halogens is 3. The van der Waals surface area contributed by atoms with Gasteiger partial charge in [-0.25, -0.2) is 13.4 Å². The van der Waals surface area contributed by atoms with Gasteiger partial charge < -0.3 is 10.0 Å². The molecule has 0 radical (unpaired) electrons. The van der Waals surface area contributed by atoms with E-state index in [0.717, 1.165) is 21.1 Å². The van der Waals surface area contributed by atoms with Gasteiger partial charge in [0.15, 0.2) is 5.13 Å². The number of carbonyl (C=O) groups is 1. The Morgan fingerprint density at radius 1 is 1.13 bits per heavy atom. The van der Waals surface area contributed by atoms with E-state index in [1.165, 1.54) is 23.7 Å². The molecule has 1 saturated heterocycles. The molecule has 0 saturated carbocycles. The highest BCUT2D eigenvalue weighted by atomic mass is 32.2. The minimum Gasteiger partial charge on any atom is -0.480 e. The smallest absolute Gasteiger partial charge is 0.416 e. The molecular formula is C17H14F3N5O4S2. The van der Waals surface area contributed by atoms with Gasteiger partial charge in [-0.2, -0.15) is 27.7 Å². The number of hydrogen-bond donors (Lipinski definition) is 1. The Balaban J connectivity index is 1.61. The number of carboxylic acid groups (broad SMARTS) is 1. The van der Waals surface area contributed by atoms with Gasteiger partial charge in [0, 0.05) is 19.6 Å². The Morgan fingerprint density at radius 3 is 2.42 bits per heavy atom. The van der Waals surface area contributed by atoms with Crippen LogP contribution in [0.25, 0.3) is 10.2 Å². The van der Waals surface area contributed by atoms with Crippen molar-refractivity contribution in [1.82, 2.24) is 19.5 Å². The van der Waals surface area contributed by atoms with E-state index in [-0.39, 0.29) is 19.6 Å². The predicted octanol–water partition coefficient (Wildman–Crippen LogP) is 2.07. The van der Waals surface area contributed by atoms with E-state index in [1.807, 2.05) is 0 Å². The van der Waals surface area contributed by atoms with Gasteiger partial charge >= 0.3 is 12.1 Å². The number of sulfonamides is 1. The molecule has 3 aromatic rings. The number of aliphatic carboxylic acids is 1. The van der Waals surface area contributed by atoms with Crippen molar-refractivity contribution in [2.75, 3.05) is 24.5 Å². The third kappa shape index (κ3) is 4.05. The summed E-state index contributed by atoms with van der Waals surface area (Å²) in [7, 11) is -4.33. The van der Waals surface area contributed by atoms with Crippen molar-refractivity contribution >= 4 is 42.7 Å². The van der Waals surface area contributed by atoms with Gasteiger partial charge in [-0.3, -0.25) is 4.79 Å². The highest BCUT2D eigenvalue weighted by Crippen LogP contribution is 2.32. The van der Waals surface area contributed by atoms with E-state index in [0.29, 0.717) is 22.8 Å². The minimum absolute atomic E-state index is 0.157. The summed E-state index contributed by atoms with van der Waals surface area (Å²) in [6, 6.07) is 1.53. The molecule has 9 nitrogen and oxygen atoms in total. The maximum Gasteiger partial charge on any atom is 0.416 e. The fraction of sp³-hybridized carbons (Fsp3) is 0.294. The lowest BCUT2D eigenvalue weighted by atomic mass is 10.2. The van der Waals surface area contributed by atoms with Gasteiger partial charge in [0.1, 0.15) is 11.6 Å². The van der Waals surface area contributed by atoms with Gasteiger partial charge in [-0.15, -0.1) is 0 Å². The molecule has 1 aliphatic heterocycles. The highest BCUT2D eigenvalue weighted by Gasteiger charge is 2.41. The maximum absolute atomic E-state index is 13.0. The van der Waals surface area contributed by atoms with Crippen molar-refractivity contribution in [2.24, 2.45) is 0 Å². The number of anilines is 1. The first-order valence-electron chi connectivity index (χ1n) is 8.81. The van der Waals surface area contributed by atoms with Crippen molar-refractivity contribution in [3.63, 3.8) is 0 Å². The summed E-state index contributed by atoms with van der Waals surface area (Å²) in [5.41, 5.74) is -0.410.